The van der Waals surface area contributed by atoms with Gasteiger partial charge in [0.2, 0.25) is 0 Å². The fourth-order valence-corrected chi connectivity index (χ4v) is 2.60. The van der Waals surface area contributed by atoms with Gasteiger partial charge in [-0.15, -0.1) is 0 Å². The van der Waals surface area contributed by atoms with Crippen molar-refractivity contribution in [3.63, 3.8) is 0 Å². The Morgan fingerprint density at radius 1 is 1.47 bits per heavy atom. The van der Waals surface area contributed by atoms with Crippen molar-refractivity contribution >= 4 is 11.8 Å². The maximum absolute atomic E-state index is 11.4. The molecule has 3 heteroatoms. The Balaban J connectivity index is 2.79. The number of ketones is 1. The van der Waals surface area contributed by atoms with E-state index >= 15 is 0 Å². The van der Waals surface area contributed by atoms with Crippen molar-refractivity contribution in [2.75, 3.05) is 0 Å². The van der Waals surface area contributed by atoms with E-state index in [1.165, 1.54) is 0 Å². The van der Waals surface area contributed by atoms with Gasteiger partial charge in [0.1, 0.15) is 5.78 Å². The molecule has 0 spiro atoms. The maximum Gasteiger partial charge on any atom is 0.309 e. The number of hydrogen-bond donors (Lipinski definition) is 1. The summed E-state index contributed by atoms with van der Waals surface area (Å²) in [7, 11) is 0. The fraction of sp³-hybridized carbons (Fsp3) is 0.833. The second kappa shape index (κ2) is 4.77. The minimum absolute atomic E-state index is 0.174. The molecule has 0 amide bonds. The third-order valence-electron chi connectivity index (χ3n) is 3.79. The van der Waals surface area contributed by atoms with E-state index in [2.05, 4.69) is 6.92 Å². The zero-order valence-electron chi connectivity index (χ0n) is 9.58. The number of Topliss-reactive ketones (excluding diaryl/α,β-unsaturated/α-hetero) is 1. The van der Waals surface area contributed by atoms with Crippen LogP contribution in [-0.4, -0.2) is 16.9 Å². The van der Waals surface area contributed by atoms with Gasteiger partial charge < -0.3 is 5.11 Å². The van der Waals surface area contributed by atoms with Gasteiger partial charge in [0.25, 0.3) is 0 Å². The zero-order chi connectivity index (χ0) is 11.5. The summed E-state index contributed by atoms with van der Waals surface area (Å²) in [6, 6.07) is 0. The van der Waals surface area contributed by atoms with E-state index in [4.69, 9.17) is 0 Å². The van der Waals surface area contributed by atoms with Crippen molar-refractivity contribution in [3.8, 4) is 0 Å². The molecule has 15 heavy (non-hydrogen) atoms. The normalized spacial score (nSPS) is 22.4. The third-order valence-corrected chi connectivity index (χ3v) is 3.79. The predicted octanol–water partition coefficient (Wildman–Crippen LogP) is 2.64. The molecule has 1 rings (SSSR count). The van der Waals surface area contributed by atoms with Gasteiger partial charge in [0.15, 0.2) is 0 Å². The maximum atomic E-state index is 11.4. The summed E-state index contributed by atoms with van der Waals surface area (Å²) in [6.45, 7) is 4.08. The van der Waals surface area contributed by atoms with Gasteiger partial charge in [-0.3, -0.25) is 9.59 Å². The molecule has 1 aliphatic rings. The minimum Gasteiger partial charge on any atom is -0.481 e. The van der Waals surface area contributed by atoms with Crippen LogP contribution in [0.5, 0.6) is 0 Å². The van der Waals surface area contributed by atoms with Crippen LogP contribution in [0.2, 0.25) is 0 Å². The van der Waals surface area contributed by atoms with E-state index < -0.39 is 11.4 Å². The van der Waals surface area contributed by atoms with Crippen LogP contribution in [-0.2, 0) is 9.59 Å². The number of rotatable bonds is 4. The van der Waals surface area contributed by atoms with Crippen LogP contribution in [0.15, 0.2) is 0 Å². The summed E-state index contributed by atoms with van der Waals surface area (Å²) in [5.41, 5.74) is -0.635. The second-order valence-electron chi connectivity index (χ2n) is 4.69. The highest BCUT2D eigenvalue weighted by atomic mass is 16.4. The Kier molecular flexibility index (Phi) is 3.89. The standard InChI is InChI=1S/C12H20O3/c1-3-4-9(2)12(11(14)15)7-5-10(13)6-8-12/h9H,3-8H2,1-2H3,(H,14,15). The first-order chi connectivity index (χ1) is 7.03. The summed E-state index contributed by atoms with van der Waals surface area (Å²) in [6.07, 6.45) is 3.88. The molecule has 1 fully saturated rings. The van der Waals surface area contributed by atoms with E-state index in [-0.39, 0.29) is 11.7 Å². The Hall–Kier alpha value is -0.860. The number of hydrogen-bond acceptors (Lipinski definition) is 2. The van der Waals surface area contributed by atoms with Crippen molar-refractivity contribution in [1.82, 2.24) is 0 Å². The monoisotopic (exact) mass is 212 g/mol. The molecule has 3 nitrogen and oxygen atoms in total. The average molecular weight is 212 g/mol. The van der Waals surface area contributed by atoms with Crippen molar-refractivity contribution in [2.45, 2.75) is 52.4 Å². The summed E-state index contributed by atoms with van der Waals surface area (Å²) in [5.74, 6) is -0.320. The minimum atomic E-state index is -0.712. The fourth-order valence-electron chi connectivity index (χ4n) is 2.60. The SMILES string of the molecule is CCCC(C)C1(C(=O)O)CCC(=O)CC1. The lowest BCUT2D eigenvalue weighted by Crippen LogP contribution is -2.41. The summed E-state index contributed by atoms with van der Waals surface area (Å²) < 4.78 is 0. The molecule has 1 N–H and O–H groups in total. The molecule has 1 unspecified atom stereocenters. The van der Waals surface area contributed by atoms with Gasteiger partial charge in [0, 0.05) is 12.8 Å². The molecule has 1 atom stereocenters. The van der Waals surface area contributed by atoms with Gasteiger partial charge in [-0.25, -0.2) is 0 Å². The van der Waals surface area contributed by atoms with Gasteiger partial charge in [-0.2, -0.15) is 0 Å². The zero-order valence-corrected chi connectivity index (χ0v) is 9.58. The van der Waals surface area contributed by atoms with Crippen LogP contribution in [0.3, 0.4) is 0 Å². The lowest BCUT2D eigenvalue weighted by molar-refractivity contribution is -0.156. The van der Waals surface area contributed by atoms with E-state index in [1.54, 1.807) is 0 Å². The topological polar surface area (TPSA) is 54.4 Å². The molecule has 0 aromatic rings. The highest BCUT2D eigenvalue weighted by molar-refractivity contribution is 5.83. The van der Waals surface area contributed by atoms with Gasteiger partial charge in [0.05, 0.1) is 5.41 Å². The average Bonchev–Trinajstić information content (AvgIpc) is 2.19. The van der Waals surface area contributed by atoms with Crippen LogP contribution < -0.4 is 0 Å². The van der Waals surface area contributed by atoms with E-state index in [0.29, 0.717) is 25.7 Å². The highest BCUT2D eigenvalue weighted by Gasteiger charge is 2.45. The highest BCUT2D eigenvalue weighted by Crippen LogP contribution is 2.43. The van der Waals surface area contributed by atoms with Crippen molar-refractivity contribution in [1.29, 1.82) is 0 Å². The van der Waals surface area contributed by atoms with Gasteiger partial charge >= 0.3 is 5.97 Å². The summed E-state index contributed by atoms with van der Waals surface area (Å²) in [4.78, 5) is 22.5. The Morgan fingerprint density at radius 2 is 2.00 bits per heavy atom. The first-order valence-corrected chi connectivity index (χ1v) is 5.78. The van der Waals surface area contributed by atoms with E-state index in [9.17, 15) is 14.7 Å². The molecule has 0 aromatic carbocycles. The molecule has 0 saturated heterocycles. The molecule has 1 aliphatic carbocycles. The van der Waals surface area contributed by atoms with Crippen LogP contribution in [0.4, 0.5) is 0 Å². The van der Waals surface area contributed by atoms with Crippen LogP contribution in [0, 0.1) is 11.3 Å². The van der Waals surface area contributed by atoms with Crippen LogP contribution >= 0.6 is 0 Å². The molecule has 0 aromatic heterocycles. The third kappa shape index (κ3) is 2.39. The van der Waals surface area contributed by atoms with E-state index in [1.807, 2.05) is 6.92 Å². The number of carbonyl (C=O) groups is 2. The van der Waals surface area contributed by atoms with Gasteiger partial charge in [-0.05, 0) is 25.2 Å². The lowest BCUT2D eigenvalue weighted by Gasteiger charge is -2.37. The first kappa shape index (κ1) is 12.2. The number of carboxylic acids is 1. The number of carboxylic acid groups (broad SMARTS) is 1. The largest absolute Gasteiger partial charge is 0.481 e. The number of carbonyl (C=O) groups excluding carboxylic acids is 1. The molecule has 0 aliphatic heterocycles. The summed E-state index contributed by atoms with van der Waals surface area (Å²) >= 11 is 0. The molecular weight excluding hydrogens is 192 g/mol. The van der Waals surface area contributed by atoms with Crippen LogP contribution in [0.1, 0.15) is 52.4 Å². The first-order valence-electron chi connectivity index (χ1n) is 5.78. The molecule has 0 bridgehead atoms. The smallest absolute Gasteiger partial charge is 0.309 e. The quantitative estimate of drug-likeness (QED) is 0.779. The molecule has 0 heterocycles. The Labute approximate surface area is 90.9 Å². The second-order valence-corrected chi connectivity index (χ2v) is 4.69. The van der Waals surface area contributed by atoms with Crippen molar-refractivity contribution < 1.29 is 14.7 Å². The van der Waals surface area contributed by atoms with Gasteiger partial charge in [-0.1, -0.05) is 20.3 Å². The predicted molar refractivity (Wildman–Crippen MR) is 57.6 cm³/mol. The molecular formula is C12H20O3. The van der Waals surface area contributed by atoms with Crippen LogP contribution in [0.25, 0.3) is 0 Å². The van der Waals surface area contributed by atoms with Crippen molar-refractivity contribution in [3.05, 3.63) is 0 Å². The van der Waals surface area contributed by atoms with E-state index in [0.717, 1.165) is 12.8 Å². The summed E-state index contributed by atoms with van der Waals surface area (Å²) in [5, 5.41) is 9.36. The molecule has 86 valence electrons. The van der Waals surface area contributed by atoms with Crippen molar-refractivity contribution in [2.24, 2.45) is 11.3 Å². The Bertz CT molecular complexity index is 248. The lowest BCUT2D eigenvalue weighted by atomic mass is 9.65. The molecule has 1 saturated carbocycles. The number of aliphatic carboxylic acids is 1. The molecule has 0 radical (unpaired) electrons. The Morgan fingerprint density at radius 3 is 2.40 bits per heavy atom.